The standard InChI is InChI=1S/C15H9BrN2O3.BrH/c16-14-13(10-6-8-12(9-7-10)18(19)20)21-15(17-14)11-4-2-1-3-5-11;/h1-9H;1H. The molecule has 22 heavy (non-hydrogen) atoms. The molecule has 1 heterocycles. The Morgan fingerprint density at radius 3 is 2.23 bits per heavy atom. The summed E-state index contributed by atoms with van der Waals surface area (Å²) in [6.45, 7) is 0. The zero-order valence-corrected chi connectivity index (χ0v) is 14.4. The molecule has 0 unspecified atom stereocenters. The van der Waals surface area contributed by atoms with Crippen LogP contribution in [0.25, 0.3) is 22.8 Å². The van der Waals surface area contributed by atoms with Crippen LogP contribution in [0.2, 0.25) is 0 Å². The second-order valence-electron chi connectivity index (χ2n) is 4.31. The van der Waals surface area contributed by atoms with Crippen molar-refractivity contribution in [1.82, 2.24) is 4.98 Å². The fourth-order valence-corrected chi connectivity index (χ4v) is 2.39. The maximum atomic E-state index is 10.7. The number of non-ortho nitro benzene ring substituents is 1. The molecule has 0 saturated carbocycles. The first-order valence-corrected chi connectivity index (χ1v) is 6.91. The molecule has 2 aromatic carbocycles. The average molecular weight is 426 g/mol. The predicted molar refractivity (Wildman–Crippen MR) is 92.1 cm³/mol. The van der Waals surface area contributed by atoms with Crippen molar-refractivity contribution < 1.29 is 9.34 Å². The molecule has 0 radical (unpaired) electrons. The van der Waals surface area contributed by atoms with Gasteiger partial charge in [-0.2, -0.15) is 0 Å². The van der Waals surface area contributed by atoms with Gasteiger partial charge in [0.25, 0.3) is 5.69 Å². The summed E-state index contributed by atoms with van der Waals surface area (Å²) in [5.74, 6) is 1.04. The van der Waals surface area contributed by atoms with E-state index >= 15 is 0 Å². The van der Waals surface area contributed by atoms with Crippen LogP contribution in [0.4, 0.5) is 5.69 Å². The number of oxazole rings is 1. The van der Waals surface area contributed by atoms with Crippen LogP contribution >= 0.6 is 32.9 Å². The van der Waals surface area contributed by atoms with E-state index in [1.165, 1.54) is 12.1 Å². The first-order chi connectivity index (χ1) is 10.1. The Morgan fingerprint density at radius 1 is 1.00 bits per heavy atom. The third-order valence-corrected chi connectivity index (χ3v) is 3.48. The lowest BCUT2D eigenvalue weighted by Gasteiger charge is -1.97. The molecule has 5 nitrogen and oxygen atoms in total. The van der Waals surface area contributed by atoms with Gasteiger partial charge in [-0.05, 0) is 40.2 Å². The largest absolute Gasteiger partial charge is 0.435 e. The van der Waals surface area contributed by atoms with Crippen molar-refractivity contribution in [2.75, 3.05) is 0 Å². The molecule has 1 aromatic heterocycles. The zero-order chi connectivity index (χ0) is 14.8. The molecule has 7 heteroatoms. The highest BCUT2D eigenvalue weighted by molar-refractivity contribution is 9.10. The van der Waals surface area contributed by atoms with Gasteiger partial charge in [-0.25, -0.2) is 4.98 Å². The van der Waals surface area contributed by atoms with Gasteiger partial charge >= 0.3 is 0 Å². The molecule has 0 aliphatic carbocycles. The second-order valence-corrected chi connectivity index (χ2v) is 5.06. The van der Waals surface area contributed by atoms with E-state index in [2.05, 4.69) is 20.9 Å². The van der Waals surface area contributed by atoms with Crippen molar-refractivity contribution in [3.63, 3.8) is 0 Å². The van der Waals surface area contributed by atoms with Crippen molar-refractivity contribution in [3.05, 3.63) is 69.3 Å². The molecular formula is C15H10Br2N2O3. The maximum absolute atomic E-state index is 10.7. The molecule has 3 rings (SSSR count). The topological polar surface area (TPSA) is 69.2 Å². The number of hydrogen-bond donors (Lipinski definition) is 0. The van der Waals surface area contributed by atoms with Crippen molar-refractivity contribution in [2.45, 2.75) is 0 Å². The average Bonchev–Trinajstić information content (AvgIpc) is 2.90. The normalized spacial score (nSPS) is 10.0. The highest BCUT2D eigenvalue weighted by Crippen LogP contribution is 2.33. The van der Waals surface area contributed by atoms with Crippen LogP contribution in [-0.4, -0.2) is 9.91 Å². The van der Waals surface area contributed by atoms with Crippen molar-refractivity contribution >= 4 is 38.6 Å². The van der Waals surface area contributed by atoms with E-state index in [1.807, 2.05) is 30.3 Å². The van der Waals surface area contributed by atoms with Crippen LogP contribution in [0, 0.1) is 10.1 Å². The summed E-state index contributed by atoms with van der Waals surface area (Å²) in [5, 5.41) is 10.7. The van der Waals surface area contributed by atoms with Crippen molar-refractivity contribution in [3.8, 4) is 22.8 Å². The summed E-state index contributed by atoms with van der Waals surface area (Å²) in [5.41, 5.74) is 1.63. The molecule has 0 saturated heterocycles. The van der Waals surface area contributed by atoms with E-state index in [1.54, 1.807) is 12.1 Å². The van der Waals surface area contributed by atoms with Crippen LogP contribution in [0.15, 0.2) is 63.6 Å². The third-order valence-electron chi connectivity index (χ3n) is 2.95. The Hall–Kier alpha value is -1.99. The quantitative estimate of drug-likeness (QED) is 0.424. The maximum Gasteiger partial charge on any atom is 0.269 e. The van der Waals surface area contributed by atoms with Crippen molar-refractivity contribution in [2.24, 2.45) is 0 Å². The molecule has 0 fully saturated rings. The van der Waals surface area contributed by atoms with Gasteiger partial charge < -0.3 is 4.42 Å². The Morgan fingerprint density at radius 2 is 1.64 bits per heavy atom. The number of nitrogens with zero attached hydrogens (tertiary/aromatic N) is 2. The first-order valence-electron chi connectivity index (χ1n) is 6.12. The second kappa shape index (κ2) is 6.85. The van der Waals surface area contributed by atoms with Crippen LogP contribution in [0.1, 0.15) is 0 Å². The minimum Gasteiger partial charge on any atom is -0.435 e. The van der Waals surface area contributed by atoms with E-state index in [0.717, 1.165) is 11.1 Å². The lowest BCUT2D eigenvalue weighted by Crippen LogP contribution is -1.86. The molecular weight excluding hydrogens is 416 g/mol. The smallest absolute Gasteiger partial charge is 0.269 e. The van der Waals surface area contributed by atoms with Gasteiger partial charge in [-0.15, -0.1) is 17.0 Å². The minimum atomic E-state index is -0.436. The summed E-state index contributed by atoms with van der Waals surface area (Å²) in [6.07, 6.45) is 0. The van der Waals surface area contributed by atoms with Gasteiger partial charge in [-0.1, -0.05) is 18.2 Å². The van der Waals surface area contributed by atoms with Crippen LogP contribution in [-0.2, 0) is 0 Å². The fourth-order valence-electron chi connectivity index (χ4n) is 1.92. The Bertz CT molecular complexity index is 786. The summed E-state index contributed by atoms with van der Waals surface area (Å²) < 4.78 is 6.32. The molecule has 112 valence electrons. The van der Waals surface area contributed by atoms with Crippen LogP contribution in [0.3, 0.4) is 0 Å². The summed E-state index contributed by atoms with van der Waals surface area (Å²) in [7, 11) is 0. The lowest BCUT2D eigenvalue weighted by molar-refractivity contribution is -0.384. The highest BCUT2D eigenvalue weighted by atomic mass is 79.9. The Labute approximate surface area is 145 Å². The molecule has 0 atom stereocenters. The van der Waals surface area contributed by atoms with E-state index in [-0.39, 0.29) is 22.7 Å². The predicted octanol–water partition coefficient (Wildman–Crippen LogP) is 5.26. The van der Waals surface area contributed by atoms with Crippen LogP contribution < -0.4 is 0 Å². The number of nitro groups is 1. The fraction of sp³-hybridized carbons (Fsp3) is 0. The van der Waals surface area contributed by atoms with Gasteiger partial charge in [0.1, 0.15) is 0 Å². The lowest BCUT2D eigenvalue weighted by atomic mass is 10.2. The number of aromatic nitrogens is 1. The van der Waals surface area contributed by atoms with Gasteiger partial charge in [0.05, 0.1) is 4.92 Å². The van der Waals surface area contributed by atoms with Crippen LogP contribution in [0.5, 0.6) is 0 Å². The minimum absolute atomic E-state index is 0. The Balaban J connectivity index is 0.00000176. The number of hydrogen-bond acceptors (Lipinski definition) is 4. The molecule has 0 N–H and O–H groups in total. The van der Waals surface area contributed by atoms with Crippen molar-refractivity contribution in [1.29, 1.82) is 0 Å². The molecule has 0 amide bonds. The molecule has 0 spiro atoms. The summed E-state index contributed by atoms with van der Waals surface area (Å²) in [6, 6.07) is 15.7. The first kappa shape index (κ1) is 16.4. The van der Waals surface area contributed by atoms with E-state index in [0.29, 0.717) is 16.3 Å². The Kier molecular flexibility index (Phi) is 5.10. The van der Waals surface area contributed by atoms with Gasteiger partial charge in [-0.3, -0.25) is 10.1 Å². The molecule has 0 aliphatic heterocycles. The summed E-state index contributed by atoms with van der Waals surface area (Å²) >= 11 is 3.36. The monoisotopic (exact) mass is 424 g/mol. The number of benzene rings is 2. The number of rotatable bonds is 3. The summed E-state index contributed by atoms with van der Waals surface area (Å²) in [4.78, 5) is 14.6. The van der Waals surface area contributed by atoms with Gasteiger partial charge in [0, 0.05) is 23.3 Å². The van der Waals surface area contributed by atoms with E-state index in [4.69, 9.17) is 4.42 Å². The zero-order valence-electron chi connectivity index (χ0n) is 11.1. The van der Waals surface area contributed by atoms with E-state index < -0.39 is 4.92 Å². The van der Waals surface area contributed by atoms with Gasteiger partial charge in [0.2, 0.25) is 5.89 Å². The third kappa shape index (κ3) is 3.26. The van der Waals surface area contributed by atoms with Gasteiger partial charge in [0.15, 0.2) is 10.4 Å². The van der Waals surface area contributed by atoms with E-state index in [9.17, 15) is 10.1 Å². The molecule has 0 bridgehead atoms. The molecule has 0 aliphatic rings. The number of halogens is 2. The highest BCUT2D eigenvalue weighted by Gasteiger charge is 2.15. The SMILES string of the molecule is Br.O=[N+]([O-])c1ccc(-c2oc(-c3ccccc3)nc2Br)cc1. The number of nitro benzene ring substituents is 1. The molecule has 3 aromatic rings.